The highest BCUT2D eigenvalue weighted by molar-refractivity contribution is 4.87. The molecule has 1 saturated heterocycles. The summed E-state index contributed by atoms with van der Waals surface area (Å²) in [6, 6.07) is 0.327. The molecule has 0 aliphatic carbocycles. The Bertz CT molecular complexity index is 355. The van der Waals surface area contributed by atoms with E-state index in [4.69, 9.17) is 4.74 Å². The van der Waals surface area contributed by atoms with Crippen molar-refractivity contribution in [3.63, 3.8) is 0 Å². The predicted octanol–water partition coefficient (Wildman–Crippen LogP) is 1.52. The van der Waals surface area contributed by atoms with Crippen molar-refractivity contribution in [2.24, 2.45) is 0 Å². The Balaban J connectivity index is 1.94. The molecular formula is C12H22N4O. The van der Waals surface area contributed by atoms with Crippen LogP contribution in [0.4, 0.5) is 0 Å². The number of hydrogen-bond donors (Lipinski definition) is 1. The summed E-state index contributed by atoms with van der Waals surface area (Å²) in [7, 11) is 0. The van der Waals surface area contributed by atoms with Crippen LogP contribution in [0.2, 0.25) is 0 Å². The van der Waals surface area contributed by atoms with Crippen LogP contribution in [0.15, 0.2) is 6.33 Å². The van der Waals surface area contributed by atoms with Gasteiger partial charge in [0.1, 0.15) is 12.9 Å². The molecule has 2 rings (SSSR count). The molecule has 1 aliphatic heterocycles. The molecular weight excluding hydrogens is 216 g/mol. The average Bonchev–Trinajstić information content (AvgIpc) is 2.76. The van der Waals surface area contributed by atoms with Crippen molar-refractivity contribution in [1.29, 1.82) is 0 Å². The molecule has 0 bridgehead atoms. The van der Waals surface area contributed by atoms with Gasteiger partial charge in [-0.1, -0.05) is 0 Å². The maximum Gasteiger partial charge on any atom is 0.153 e. The summed E-state index contributed by atoms with van der Waals surface area (Å²) in [5.74, 6) is 0.909. The Morgan fingerprint density at radius 2 is 2.41 bits per heavy atom. The van der Waals surface area contributed by atoms with Gasteiger partial charge in [0, 0.05) is 12.6 Å². The highest BCUT2D eigenvalue weighted by atomic mass is 16.5. The molecule has 1 aromatic rings. The molecule has 1 unspecified atom stereocenters. The van der Waals surface area contributed by atoms with E-state index >= 15 is 0 Å². The molecule has 0 amide bonds. The normalized spacial score (nSPS) is 25.4. The van der Waals surface area contributed by atoms with E-state index in [1.54, 1.807) is 6.33 Å². The van der Waals surface area contributed by atoms with Gasteiger partial charge in [0.25, 0.3) is 0 Å². The van der Waals surface area contributed by atoms with Crippen molar-refractivity contribution in [3.05, 3.63) is 12.2 Å². The maximum atomic E-state index is 6.02. The Hall–Kier alpha value is -0.940. The first kappa shape index (κ1) is 12.5. The standard InChI is InChI=1S/C12H22N4O/c1-10(2)16-11(14-9-15-16)7-17-12(3)5-4-6-13-8-12/h9-10,13H,4-8H2,1-3H3. The van der Waals surface area contributed by atoms with Gasteiger partial charge in [0.2, 0.25) is 0 Å². The van der Waals surface area contributed by atoms with E-state index in [9.17, 15) is 0 Å². The summed E-state index contributed by atoms with van der Waals surface area (Å²) in [5.41, 5.74) is -0.0635. The molecule has 5 heteroatoms. The second-order valence-electron chi connectivity index (χ2n) is 5.23. The Morgan fingerprint density at radius 1 is 1.59 bits per heavy atom. The minimum Gasteiger partial charge on any atom is -0.366 e. The van der Waals surface area contributed by atoms with Crippen molar-refractivity contribution in [2.45, 2.75) is 51.9 Å². The van der Waals surface area contributed by atoms with Gasteiger partial charge in [-0.05, 0) is 40.2 Å². The lowest BCUT2D eigenvalue weighted by Crippen LogP contribution is -2.45. The smallest absolute Gasteiger partial charge is 0.153 e. The van der Waals surface area contributed by atoms with Crippen LogP contribution in [-0.4, -0.2) is 33.5 Å². The van der Waals surface area contributed by atoms with Crippen molar-refractivity contribution >= 4 is 0 Å². The summed E-state index contributed by atoms with van der Waals surface area (Å²) in [4.78, 5) is 4.26. The number of rotatable bonds is 4. The van der Waals surface area contributed by atoms with E-state index in [0.29, 0.717) is 12.6 Å². The summed E-state index contributed by atoms with van der Waals surface area (Å²) < 4.78 is 7.94. The fourth-order valence-electron chi connectivity index (χ4n) is 2.20. The van der Waals surface area contributed by atoms with Crippen molar-refractivity contribution in [1.82, 2.24) is 20.1 Å². The van der Waals surface area contributed by atoms with Crippen LogP contribution in [0.5, 0.6) is 0 Å². The highest BCUT2D eigenvalue weighted by Crippen LogP contribution is 2.21. The number of hydrogen-bond acceptors (Lipinski definition) is 4. The van der Waals surface area contributed by atoms with Gasteiger partial charge in [-0.3, -0.25) is 0 Å². The third kappa shape index (κ3) is 3.04. The number of aromatic nitrogens is 3. The lowest BCUT2D eigenvalue weighted by Gasteiger charge is -2.34. The molecule has 1 N–H and O–H groups in total. The average molecular weight is 238 g/mol. The minimum atomic E-state index is -0.0635. The van der Waals surface area contributed by atoms with E-state index < -0.39 is 0 Å². The molecule has 2 heterocycles. The number of piperidine rings is 1. The largest absolute Gasteiger partial charge is 0.366 e. The monoisotopic (exact) mass is 238 g/mol. The van der Waals surface area contributed by atoms with Gasteiger partial charge in [0.05, 0.1) is 5.60 Å². The summed E-state index contributed by atoms with van der Waals surface area (Å²) in [5, 5.41) is 7.59. The van der Waals surface area contributed by atoms with Crippen LogP contribution in [-0.2, 0) is 11.3 Å². The molecule has 17 heavy (non-hydrogen) atoms. The molecule has 0 spiro atoms. The first-order chi connectivity index (χ1) is 8.11. The van der Waals surface area contributed by atoms with E-state index in [0.717, 1.165) is 25.3 Å². The Kier molecular flexibility index (Phi) is 3.79. The Labute approximate surface area is 103 Å². The molecule has 1 fully saturated rings. The van der Waals surface area contributed by atoms with Crippen molar-refractivity contribution in [3.8, 4) is 0 Å². The van der Waals surface area contributed by atoms with E-state index in [1.165, 1.54) is 6.42 Å². The van der Waals surface area contributed by atoms with Crippen LogP contribution in [0.3, 0.4) is 0 Å². The SMILES string of the molecule is CC(C)n1ncnc1COC1(C)CCCNC1. The van der Waals surface area contributed by atoms with Crippen LogP contribution in [0.1, 0.15) is 45.5 Å². The summed E-state index contributed by atoms with van der Waals surface area (Å²) in [6.45, 7) is 8.92. The quantitative estimate of drug-likeness (QED) is 0.864. The number of nitrogens with zero attached hydrogens (tertiary/aromatic N) is 3. The van der Waals surface area contributed by atoms with Crippen molar-refractivity contribution < 1.29 is 4.74 Å². The van der Waals surface area contributed by atoms with Crippen molar-refractivity contribution in [2.75, 3.05) is 13.1 Å². The van der Waals surface area contributed by atoms with Gasteiger partial charge in [-0.25, -0.2) is 9.67 Å². The van der Waals surface area contributed by atoms with Crippen LogP contribution in [0.25, 0.3) is 0 Å². The molecule has 1 aromatic heterocycles. The van der Waals surface area contributed by atoms with Gasteiger partial charge in [-0.15, -0.1) is 0 Å². The number of nitrogens with one attached hydrogen (secondary N) is 1. The molecule has 0 saturated carbocycles. The molecule has 96 valence electrons. The lowest BCUT2D eigenvalue weighted by atomic mass is 9.96. The first-order valence-electron chi connectivity index (χ1n) is 6.34. The summed E-state index contributed by atoms with van der Waals surface area (Å²) >= 11 is 0. The van der Waals surface area contributed by atoms with Gasteiger partial charge >= 0.3 is 0 Å². The first-order valence-corrected chi connectivity index (χ1v) is 6.34. The predicted molar refractivity (Wildman–Crippen MR) is 65.7 cm³/mol. The van der Waals surface area contributed by atoms with E-state index in [1.807, 2.05) is 4.68 Å². The maximum absolute atomic E-state index is 6.02. The zero-order chi connectivity index (χ0) is 12.3. The third-order valence-corrected chi connectivity index (χ3v) is 3.24. The fourth-order valence-corrected chi connectivity index (χ4v) is 2.20. The summed E-state index contributed by atoms with van der Waals surface area (Å²) in [6.07, 6.45) is 3.88. The van der Waals surface area contributed by atoms with Gasteiger partial charge in [0.15, 0.2) is 5.82 Å². The van der Waals surface area contributed by atoms with Gasteiger partial charge < -0.3 is 10.1 Å². The highest BCUT2D eigenvalue weighted by Gasteiger charge is 2.28. The zero-order valence-corrected chi connectivity index (χ0v) is 10.9. The molecule has 0 aromatic carbocycles. The molecule has 5 nitrogen and oxygen atoms in total. The molecule has 1 atom stereocenters. The number of ether oxygens (including phenoxy) is 1. The molecule has 0 radical (unpaired) electrons. The molecule has 1 aliphatic rings. The minimum absolute atomic E-state index is 0.0635. The van der Waals surface area contributed by atoms with E-state index in [2.05, 4.69) is 36.2 Å². The zero-order valence-electron chi connectivity index (χ0n) is 10.9. The Morgan fingerprint density at radius 3 is 3.06 bits per heavy atom. The van der Waals surface area contributed by atoms with Crippen LogP contribution >= 0.6 is 0 Å². The third-order valence-electron chi connectivity index (χ3n) is 3.24. The second kappa shape index (κ2) is 5.14. The topological polar surface area (TPSA) is 52.0 Å². The fraction of sp³-hybridized carbons (Fsp3) is 0.833. The van der Waals surface area contributed by atoms with Crippen LogP contribution in [0, 0.1) is 0 Å². The van der Waals surface area contributed by atoms with Gasteiger partial charge in [-0.2, -0.15) is 5.10 Å². The lowest BCUT2D eigenvalue weighted by molar-refractivity contribution is -0.0609. The second-order valence-corrected chi connectivity index (χ2v) is 5.23. The van der Waals surface area contributed by atoms with Crippen LogP contribution < -0.4 is 5.32 Å². The van der Waals surface area contributed by atoms with E-state index in [-0.39, 0.29) is 5.60 Å².